The zero-order valence-electron chi connectivity index (χ0n) is 8.47. The first-order valence-corrected chi connectivity index (χ1v) is 5.20. The number of nitrogens with zero attached hydrogens (tertiary/aromatic N) is 2. The van der Waals surface area contributed by atoms with E-state index in [1.165, 1.54) is 0 Å². The summed E-state index contributed by atoms with van der Waals surface area (Å²) in [6, 6.07) is 17.2. The molecule has 0 amide bonds. The zero-order valence-corrected chi connectivity index (χ0v) is 9.22. The number of fused-ring (bicyclic) bond motifs is 1. The van der Waals surface area contributed by atoms with Crippen molar-refractivity contribution in [2.24, 2.45) is 0 Å². The fourth-order valence-electron chi connectivity index (χ4n) is 1.20. The second-order valence-electron chi connectivity index (χ2n) is 3.12. The highest BCUT2D eigenvalue weighted by atomic mass is 35.5. The van der Waals surface area contributed by atoms with Gasteiger partial charge in [-0.25, -0.2) is 0 Å². The van der Waals surface area contributed by atoms with E-state index in [0.717, 1.165) is 16.1 Å². The first kappa shape index (κ1) is 10.6. The van der Waals surface area contributed by atoms with E-state index in [1.807, 2.05) is 54.6 Å². The molecule has 1 aromatic heterocycles. The van der Waals surface area contributed by atoms with E-state index in [2.05, 4.69) is 15.4 Å². The molecule has 3 aromatic rings. The number of hydrogen-bond donors (Lipinski definition) is 1. The van der Waals surface area contributed by atoms with Crippen LogP contribution in [0.5, 0.6) is 0 Å². The average molecular weight is 232 g/mol. The summed E-state index contributed by atoms with van der Waals surface area (Å²) in [5, 5.41) is 11.0. The maximum absolute atomic E-state index is 5.54. The summed E-state index contributed by atoms with van der Waals surface area (Å²) < 4.78 is 0. The Morgan fingerprint density at radius 1 is 0.875 bits per heavy atom. The molecular formula is C12H10ClN3. The molecule has 0 radical (unpaired) electrons. The number of halogens is 1. The lowest BCUT2D eigenvalue weighted by Gasteiger charge is -1.80. The molecule has 3 rings (SSSR count). The molecular weight excluding hydrogens is 222 g/mol. The highest BCUT2D eigenvalue weighted by molar-refractivity contribution is 6.30. The van der Waals surface area contributed by atoms with Gasteiger partial charge in [-0.3, -0.25) is 5.10 Å². The normalized spacial score (nSPS) is 9.56. The standard InChI is InChI=1S/C6H5Cl.C6H5N3/c7-6-4-2-1-3-5-6;1-2-4-6-5(3-1)7-9-8-6/h1-5H;1-4H,(H,7,8,9). The molecule has 0 atom stereocenters. The number of benzene rings is 2. The third-order valence-electron chi connectivity index (χ3n) is 1.97. The van der Waals surface area contributed by atoms with E-state index >= 15 is 0 Å². The van der Waals surface area contributed by atoms with Gasteiger partial charge in [-0.15, -0.1) is 5.10 Å². The van der Waals surface area contributed by atoms with E-state index in [1.54, 1.807) is 0 Å². The van der Waals surface area contributed by atoms with Crippen LogP contribution in [0.1, 0.15) is 0 Å². The first-order chi connectivity index (χ1) is 7.86. The van der Waals surface area contributed by atoms with Gasteiger partial charge in [0.2, 0.25) is 0 Å². The maximum Gasteiger partial charge on any atom is 0.112 e. The monoisotopic (exact) mass is 231 g/mol. The summed E-state index contributed by atoms with van der Waals surface area (Å²) in [5.41, 5.74) is 1.90. The minimum atomic E-state index is 0.794. The van der Waals surface area contributed by atoms with Crippen LogP contribution in [0.15, 0.2) is 54.6 Å². The number of para-hydroxylation sites is 1. The van der Waals surface area contributed by atoms with Gasteiger partial charge in [-0.2, -0.15) is 0 Å². The van der Waals surface area contributed by atoms with Crippen LogP contribution < -0.4 is 0 Å². The molecule has 2 aromatic carbocycles. The van der Waals surface area contributed by atoms with Crippen LogP contribution in [-0.2, 0) is 0 Å². The number of aromatic nitrogens is 3. The number of H-pyrrole nitrogens is 1. The number of hydrogen-bond acceptors (Lipinski definition) is 2. The predicted octanol–water partition coefficient (Wildman–Crippen LogP) is 3.30. The molecule has 0 aliphatic carbocycles. The van der Waals surface area contributed by atoms with E-state index < -0.39 is 0 Å². The summed E-state index contributed by atoms with van der Waals surface area (Å²) in [4.78, 5) is 0. The minimum absolute atomic E-state index is 0.794. The van der Waals surface area contributed by atoms with Crippen molar-refractivity contribution < 1.29 is 0 Å². The van der Waals surface area contributed by atoms with Crippen molar-refractivity contribution in [3.05, 3.63) is 59.6 Å². The summed E-state index contributed by atoms with van der Waals surface area (Å²) in [5.74, 6) is 0. The van der Waals surface area contributed by atoms with Gasteiger partial charge in [-0.05, 0) is 24.3 Å². The second-order valence-corrected chi connectivity index (χ2v) is 3.56. The SMILES string of the molecule is Clc1ccccc1.c1ccc2[nH]nnc2c1. The van der Waals surface area contributed by atoms with Crippen LogP contribution in [0.25, 0.3) is 11.0 Å². The molecule has 0 fully saturated rings. The van der Waals surface area contributed by atoms with Crippen molar-refractivity contribution >= 4 is 22.6 Å². The molecule has 4 heteroatoms. The number of rotatable bonds is 0. The molecule has 3 nitrogen and oxygen atoms in total. The predicted molar refractivity (Wildman–Crippen MR) is 65.3 cm³/mol. The molecule has 1 N–H and O–H groups in total. The Balaban J connectivity index is 0.000000125. The van der Waals surface area contributed by atoms with Crippen molar-refractivity contribution in [3.63, 3.8) is 0 Å². The second kappa shape index (κ2) is 5.28. The molecule has 1 heterocycles. The Bertz CT molecular complexity index is 518. The smallest absolute Gasteiger partial charge is 0.112 e. The van der Waals surface area contributed by atoms with Crippen LogP contribution in [0.2, 0.25) is 5.02 Å². The van der Waals surface area contributed by atoms with E-state index in [4.69, 9.17) is 11.6 Å². The van der Waals surface area contributed by atoms with Gasteiger partial charge < -0.3 is 0 Å². The maximum atomic E-state index is 5.54. The largest absolute Gasteiger partial charge is 0.258 e. The van der Waals surface area contributed by atoms with Gasteiger partial charge in [-0.1, -0.05) is 47.1 Å². The van der Waals surface area contributed by atoms with Gasteiger partial charge in [0, 0.05) is 5.02 Å². The summed E-state index contributed by atoms with van der Waals surface area (Å²) >= 11 is 5.54. The van der Waals surface area contributed by atoms with E-state index in [-0.39, 0.29) is 0 Å². The van der Waals surface area contributed by atoms with Crippen molar-refractivity contribution in [3.8, 4) is 0 Å². The summed E-state index contributed by atoms with van der Waals surface area (Å²) in [7, 11) is 0. The summed E-state index contributed by atoms with van der Waals surface area (Å²) in [6.07, 6.45) is 0. The van der Waals surface area contributed by atoms with E-state index in [9.17, 15) is 0 Å². The molecule has 0 bridgehead atoms. The minimum Gasteiger partial charge on any atom is -0.258 e. The molecule has 0 saturated heterocycles. The molecule has 0 unspecified atom stereocenters. The highest BCUT2D eigenvalue weighted by Crippen LogP contribution is 2.04. The van der Waals surface area contributed by atoms with Crippen LogP contribution in [-0.4, -0.2) is 15.4 Å². The molecule has 0 saturated carbocycles. The fourth-order valence-corrected chi connectivity index (χ4v) is 1.35. The topological polar surface area (TPSA) is 41.6 Å². The molecule has 16 heavy (non-hydrogen) atoms. The van der Waals surface area contributed by atoms with Crippen LogP contribution in [0.3, 0.4) is 0 Å². The van der Waals surface area contributed by atoms with Crippen LogP contribution in [0, 0.1) is 0 Å². The lowest BCUT2D eigenvalue weighted by Crippen LogP contribution is -1.63. The van der Waals surface area contributed by atoms with E-state index in [0.29, 0.717) is 0 Å². The van der Waals surface area contributed by atoms with Gasteiger partial charge in [0.25, 0.3) is 0 Å². The van der Waals surface area contributed by atoms with Crippen molar-refractivity contribution in [1.29, 1.82) is 0 Å². The van der Waals surface area contributed by atoms with Gasteiger partial charge in [0.15, 0.2) is 0 Å². The van der Waals surface area contributed by atoms with Gasteiger partial charge in [0.1, 0.15) is 5.52 Å². The van der Waals surface area contributed by atoms with Gasteiger partial charge >= 0.3 is 0 Å². The van der Waals surface area contributed by atoms with Crippen molar-refractivity contribution in [2.45, 2.75) is 0 Å². The lowest BCUT2D eigenvalue weighted by molar-refractivity contribution is 0.959. The average Bonchev–Trinajstić information content (AvgIpc) is 2.79. The van der Waals surface area contributed by atoms with Crippen molar-refractivity contribution in [1.82, 2.24) is 15.4 Å². The van der Waals surface area contributed by atoms with Gasteiger partial charge in [0.05, 0.1) is 5.52 Å². The third-order valence-corrected chi connectivity index (χ3v) is 2.22. The first-order valence-electron chi connectivity index (χ1n) is 4.82. The van der Waals surface area contributed by atoms with Crippen molar-refractivity contribution in [2.75, 3.05) is 0 Å². The van der Waals surface area contributed by atoms with Crippen LogP contribution >= 0.6 is 11.6 Å². The third kappa shape index (κ3) is 2.81. The number of aromatic amines is 1. The Morgan fingerprint density at radius 2 is 1.56 bits per heavy atom. The van der Waals surface area contributed by atoms with Crippen LogP contribution in [0.4, 0.5) is 0 Å². The zero-order chi connectivity index (χ0) is 11.2. The Labute approximate surface area is 98.1 Å². The molecule has 80 valence electrons. The summed E-state index contributed by atoms with van der Waals surface area (Å²) in [6.45, 7) is 0. The number of nitrogens with one attached hydrogen (secondary N) is 1. The fraction of sp³-hybridized carbons (Fsp3) is 0. The lowest BCUT2D eigenvalue weighted by atomic mass is 10.3. The Hall–Kier alpha value is -1.87. The molecule has 0 aliphatic rings. The highest BCUT2D eigenvalue weighted by Gasteiger charge is 1.90. The molecule has 0 spiro atoms. The Kier molecular flexibility index (Phi) is 3.51. The molecule has 0 aliphatic heterocycles. The Morgan fingerprint density at radius 3 is 2.19 bits per heavy atom. The quantitative estimate of drug-likeness (QED) is 0.645.